The molecule has 3 heteroatoms. The first-order valence-electron chi connectivity index (χ1n) is 6.64. The molecule has 0 aromatic heterocycles. The highest BCUT2D eigenvalue weighted by atomic mass is 16.2. The lowest BCUT2D eigenvalue weighted by Crippen LogP contribution is -2.51. The van der Waals surface area contributed by atoms with E-state index >= 15 is 0 Å². The molecule has 2 aliphatic rings. The predicted molar refractivity (Wildman–Crippen MR) is 65.1 cm³/mol. The Morgan fingerprint density at radius 1 is 1.50 bits per heavy atom. The van der Waals surface area contributed by atoms with E-state index in [1.807, 2.05) is 0 Å². The number of hydrogen-bond acceptors (Lipinski definition) is 2. The lowest BCUT2D eigenvalue weighted by Gasteiger charge is -2.35. The molecule has 0 radical (unpaired) electrons. The summed E-state index contributed by atoms with van der Waals surface area (Å²) in [6, 6.07) is 0.498. The van der Waals surface area contributed by atoms with Gasteiger partial charge in [-0.15, -0.1) is 0 Å². The molecule has 3 atom stereocenters. The van der Waals surface area contributed by atoms with Gasteiger partial charge in [-0.3, -0.25) is 4.79 Å². The smallest absolute Gasteiger partial charge is 0.226 e. The molecule has 3 nitrogen and oxygen atoms in total. The van der Waals surface area contributed by atoms with E-state index in [2.05, 4.69) is 31.0 Å². The topological polar surface area (TPSA) is 32.3 Å². The first-order valence-corrected chi connectivity index (χ1v) is 6.64. The van der Waals surface area contributed by atoms with Crippen LogP contribution in [0, 0.1) is 17.8 Å². The van der Waals surface area contributed by atoms with Gasteiger partial charge in [0.1, 0.15) is 0 Å². The van der Waals surface area contributed by atoms with Crippen LogP contribution in [0.1, 0.15) is 33.6 Å². The van der Waals surface area contributed by atoms with Crippen LogP contribution in [-0.2, 0) is 4.79 Å². The van der Waals surface area contributed by atoms with Crippen molar-refractivity contribution in [3.8, 4) is 0 Å². The molecule has 1 amide bonds. The molecule has 0 aromatic rings. The van der Waals surface area contributed by atoms with Gasteiger partial charge in [-0.05, 0) is 37.8 Å². The van der Waals surface area contributed by atoms with Crippen molar-refractivity contribution in [2.75, 3.05) is 19.6 Å². The molecular formula is C13H24N2O. The van der Waals surface area contributed by atoms with Crippen LogP contribution in [-0.4, -0.2) is 36.5 Å². The number of rotatable bonds is 3. The number of carbonyl (C=O) groups is 1. The fourth-order valence-electron chi connectivity index (χ4n) is 2.94. The fourth-order valence-corrected chi connectivity index (χ4v) is 2.94. The Hall–Kier alpha value is -0.570. The molecular weight excluding hydrogens is 200 g/mol. The summed E-state index contributed by atoms with van der Waals surface area (Å²) in [5, 5.41) is 3.25. The molecule has 0 saturated carbocycles. The largest absolute Gasteiger partial charge is 0.339 e. The average molecular weight is 224 g/mol. The van der Waals surface area contributed by atoms with Crippen LogP contribution in [0.2, 0.25) is 0 Å². The lowest BCUT2D eigenvalue weighted by atomic mass is 9.87. The minimum atomic E-state index is 0.209. The summed E-state index contributed by atoms with van der Waals surface area (Å²) < 4.78 is 0. The third-order valence-electron chi connectivity index (χ3n) is 4.29. The van der Waals surface area contributed by atoms with Gasteiger partial charge in [-0.2, -0.15) is 0 Å². The molecule has 0 aliphatic carbocycles. The van der Waals surface area contributed by atoms with Crippen LogP contribution in [0.3, 0.4) is 0 Å². The number of nitrogens with zero attached hydrogens (tertiary/aromatic N) is 1. The van der Waals surface area contributed by atoms with Crippen molar-refractivity contribution >= 4 is 5.91 Å². The van der Waals surface area contributed by atoms with Gasteiger partial charge < -0.3 is 10.2 Å². The zero-order valence-electron chi connectivity index (χ0n) is 10.7. The van der Waals surface area contributed by atoms with E-state index in [4.69, 9.17) is 0 Å². The van der Waals surface area contributed by atoms with Crippen LogP contribution in [0.5, 0.6) is 0 Å². The maximum Gasteiger partial charge on any atom is 0.226 e. The number of carbonyl (C=O) groups excluding carboxylic acids is 1. The van der Waals surface area contributed by atoms with E-state index in [0.29, 0.717) is 23.8 Å². The maximum absolute atomic E-state index is 12.4. The molecule has 2 fully saturated rings. The second kappa shape index (κ2) is 4.74. The Morgan fingerprint density at radius 3 is 2.69 bits per heavy atom. The molecule has 2 heterocycles. The summed E-state index contributed by atoms with van der Waals surface area (Å²) in [6.45, 7) is 9.57. The summed E-state index contributed by atoms with van der Waals surface area (Å²) in [5.74, 6) is 1.85. The highest BCUT2D eigenvalue weighted by Crippen LogP contribution is 2.28. The minimum absolute atomic E-state index is 0.209. The first kappa shape index (κ1) is 11.9. The van der Waals surface area contributed by atoms with Gasteiger partial charge in [0, 0.05) is 18.5 Å². The summed E-state index contributed by atoms with van der Waals surface area (Å²) in [7, 11) is 0. The Balaban J connectivity index is 1.97. The van der Waals surface area contributed by atoms with Gasteiger partial charge in [0.2, 0.25) is 5.91 Å². The summed E-state index contributed by atoms with van der Waals surface area (Å²) in [6.07, 6.45) is 2.30. The van der Waals surface area contributed by atoms with E-state index in [1.54, 1.807) is 0 Å². The third kappa shape index (κ3) is 2.10. The SMILES string of the molecule is CCC1CC(C)CN1C(=O)C(C)C1CNC1. The highest BCUT2D eigenvalue weighted by molar-refractivity contribution is 5.79. The van der Waals surface area contributed by atoms with Crippen molar-refractivity contribution in [2.45, 2.75) is 39.7 Å². The zero-order chi connectivity index (χ0) is 11.7. The van der Waals surface area contributed by atoms with Crippen LogP contribution in [0.15, 0.2) is 0 Å². The second-order valence-electron chi connectivity index (χ2n) is 5.60. The number of nitrogens with one attached hydrogen (secondary N) is 1. The Kier molecular flexibility index (Phi) is 3.53. The maximum atomic E-state index is 12.4. The normalized spacial score (nSPS) is 32.6. The Morgan fingerprint density at radius 2 is 2.19 bits per heavy atom. The van der Waals surface area contributed by atoms with Crippen LogP contribution in [0.25, 0.3) is 0 Å². The van der Waals surface area contributed by atoms with E-state index in [-0.39, 0.29) is 5.92 Å². The van der Waals surface area contributed by atoms with Crippen molar-refractivity contribution in [2.24, 2.45) is 17.8 Å². The summed E-state index contributed by atoms with van der Waals surface area (Å²) >= 11 is 0. The molecule has 0 bridgehead atoms. The van der Waals surface area contributed by atoms with Gasteiger partial charge in [-0.1, -0.05) is 20.8 Å². The summed E-state index contributed by atoms with van der Waals surface area (Å²) in [5.41, 5.74) is 0. The van der Waals surface area contributed by atoms with Crippen LogP contribution < -0.4 is 5.32 Å². The molecule has 0 aromatic carbocycles. The second-order valence-corrected chi connectivity index (χ2v) is 5.60. The van der Waals surface area contributed by atoms with Gasteiger partial charge >= 0.3 is 0 Å². The highest BCUT2D eigenvalue weighted by Gasteiger charge is 2.37. The number of hydrogen-bond donors (Lipinski definition) is 1. The number of likely N-dealkylation sites (tertiary alicyclic amines) is 1. The lowest BCUT2D eigenvalue weighted by molar-refractivity contribution is -0.138. The van der Waals surface area contributed by atoms with Crippen LogP contribution >= 0.6 is 0 Å². The molecule has 1 N–H and O–H groups in total. The van der Waals surface area contributed by atoms with E-state index in [9.17, 15) is 4.79 Å². The molecule has 3 unspecified atom stereocenters. The quantitative estimate of drug-likeness (QED) is 0.787. The third-order valence-corrected chi connectivity index (χ3v) is 4.29. The summed E-state index contributed by atoms with van der Waals surface area (Å²) in [4.78, 5) is 14.5. The first-order chi connectivity index (χ1) is 7.63. The van der Waals surface area contributed by atoms with Gasteiger partial charge in [0.15, 0.2) is 0 Å². The zero-order valence-corrected chi connectivity index (χ0v) is 10.7. The van der Waals surface area contributed by atoms with Crippen molar-refractivity contribution in [3.05, 3.63) is 0 Å². The molecule has 92 valence electrons. The van der Waals surface area contributed by atoms with Crippen LogP contribution in [0.4, 0.5) is 0 Å². The van der Waals surface area contributed by atoms with Gasteiger partial charge in [0.25, 0.3) is 0 Å². The van der Waals surface area contributed by atoms with Crippen molar-refractivity contribution in [1.82, 2.24) is 10.2 Å². The Bertz CT molecular complexity index is 263. The van der Waals surface area contributed by atoms with E-state index in [0.717, 1.165) is 26.1 Å². The molecule has 2 aliphatic heterocycles. The monoisotopic (exact) mass is 224 g/mol. The predicted octanol–water partition coefficient (Wildman–Crippen LogP) is 1.49. The molecule has 2 rings (SSSR count). The number of amides is 1. The average Bonchev–Trinajstić information content (AvgIpc) is 2.55. The van der Waals surface area contributed by atoms with E-state index in [1.165, 1.54) is 6.42 Å². The molecule has 2 saturated heterocycles. The van der Waals surface area contributed by atoms with Crippen molar-refractivity contribution in [1.29, 1.82) is 0 Å². The van der Waals surface area contributed by atoms with E-state index < -0.39 is 0 Å². The van der Waals surface area contributed by atoms with Gasteiger partial charge in [0.05, 0.1) is 0 Å². The fraction of sp³-hybridized carbons (Fsp3) is 0.923. The van der Waals surface area contributed by atoms with Crippen molar-refractivity contribution < 1.29 is 4.79 Å². The standard InChI is InChI=1S/C13H24N2O/c1-4-12-5-9(2)8-15(12)13(16)10(3)11-6-14-7-11/h9-12,14H,4-8H2,1-3H3. The minimum Gasteiger partial charge on any atom is -0.339 e. The van der Waals surface area contributed by atoms with Gasteiger partial charge in [-0.25, -0.2) is 0 Å². The molecule has 16 heavy (non-hydrogen) atoms. The molecule has 0 spiro atoms. The Labute approximate surface area is 98.6 Å². The van der Waals surface area contributed by atoms with Crippen molar-refractivity contribution in [3.63, 3.8) is 0 Å².